The molecule has 0 radical (unpaired) electrons. The first-order valence-corrected chi connectivity index (χ1v) is 8.71. The van der Waals surface area contributed by atoms with Crippen LogP contribution >= 0.6 is 27.3 Å². The van der Waals surface area contributed by atoms with Gasteiger partial charge < -0.3 is 4.74 Å². The van der Waals surface area contributed by atoms with E-state index in [-0.39, 0.29) is 0 Å². The van der Waals surface area contributed by atoms with Crippen molar-refractivity contribution in [2.45, 2.75) is 64.7 Å². The minimum absolute atomic E-state index is 1.00. The van der Waals surface area contributed by atoms with Gasteiger partial charge in [-0.1, -0.05) is 51.9 Å². The van der Waals surface area contributed by atoms with Gasteiger partial charge in [0.1, 0.15) is 0 Å². The van der Waals surface area contributed by atoms with E-state index in [0.29, 0.717) is 0 Å². The van der Waals surface area contributed by atoms with Crippen LogP contribution in [0.5, 0.6) is 5.06 Å². The highest BCUT2D eigenvalue weighted by molar-refractivity contribution is 9.10. The van der Waals surface area contributed by atoms with E-state index in [1.165, 1.54) is 62.7 Å². The lowest BCUT2D eigenvalue weighted by Crippen LogP contribution is -1.83. The summed E-state index contributed by atoms with van der Waals surface area (Å²) in [6, 6.07) is 2.20. The SMILES string of the molecule is CCCCCCCCCCc1cc(Br)c(OC)s1. The molecule has 18 heavy (non-hydrogen) atoms. The van der Waals surface area contributed by atoms with Gasteiger partial charge in [0.15, 0.2) is 5.06 Å². The highest BCUT2D eigenvalue weighted by Gasteiger charge is 2.06. The summed E-state index contributed by atoms with van der Waals surface area (Å²) in [6.07, 6.45) is 12.3. The van der Waals surface area contributed by atoms with Crippen molar-refractivity contribution in [1.29, 1.82) is 0 Å². The first-order valence-electron chi connectivity index (χ1n) is 7.10. The van der Waals surface area contributed by atoms with Crippen LogP contribution < -0.4 is 4.74 Å². The molecule has 0 saturated heterocycles. The molecule has 1 rings (SSSR count). The Morgan fingerprint density at radius 1 is 1.06 bits per heavy atom. The molecule has 104 valence electrons. The predicted molar refractivity (Wildman–Crippen MR) is 84.9 cm³/mol. The van der Waals surface area contributed by atoms with Gasteiger partial charge in [0.2, 0.25) is 0 Å². The third kappa shape index (κ3) is 6.24. The average Bonchev–Trinajstić information content (AvgIpc) is 2.73. The number of rotatable bonds is 10. The average molecular weight is 333 g/mol. The van der Waals surface area contributed by atoms with Crippen molar-refractivity contribution in [3.8, 4) is 5.06 Å². The molecule has 0 saturated carbocycles. The van der Waals surface area contributed by atoms with Crippen molar-refractivity contribution in [1.82, 2.24) is 0 Å². The summed E-state index contributed by atoms with van der Waals surface area (Å²) in [5.74, 6) is 0. The van der Waals surface area contributed by atoms with Gasteiger partial charge in [0.25, 0.3) is 0 Å². The van der Waals surface area contributed by atoms with Crippen LogP contribution in [0.2, 0.25) is 0 Å². The van der Waals surface area contributed by atoms with Crippen molar-refractivity contribution < 1.29 is 4.74 Å². The second kappa shape index (κ2) is 9.85. The molecular weight excluding hydrogens is 308 g/mol. The van der Waals surface area contributed by atoms with Gasteiger partial charge in [-0.2, -0.15) is 0 Å². The van der Waals surface area contributed by atoms with E-state index >= 15 is 0 Å². The Balaban J connectivity index is 2.03. The Morgan fingerprint density at radius 2 is 1.67 bits per heavy atom. The van der Waals surface area contributed by atoms with Crippen molar-refractivity contribution >= 4 is 27.3 Å². The van der Waals surface area contributed by atoms with Crippen LogP contribution in [0.15, 0.2) is 10.5 Å². The quantitative estimate of drug-likeness (QED) is 0.463. The molecule has 0 aliphatic rings. The molecule has 0 bridgehead atoms. The monoisotopic (exact) mass is 332 g/mol. The molecule has 0 atom stereocenters. The summed E-state index contributed by atoms with van der Waals surface area (Å²) >= 11 is 5.29. The van der Waals surface area contributed by atoms with E-state index < -0.39 is 0 Å². The fourth-order valence-electron chi connectivity index (χ4n) is 2.09. The zero-order valence-electron chi connectivity index (χ0n) is 11.6. The minimum atomic E-state index is 1.00. The van der Waals surface area contributed by atoms with Crippen LogP contribution in [0, 0.1) is 0 Å². The Bertz CT molecular complexity index is 322. The predicted octanol–water partition coefficient (Wildman–Crippen LogP) is 6.20. The number of hydrogen-bond acceptors (Lipinski definition) is 2. The maximum Gasteiger partial charge on any atom is 0.188 e. The molecule has 0 aromatic carbocycles. The molecule has 0 aliphatic heterocycles. The molecular formula is C15H25BrOS. The van der Waals surface area contributed by atoms with Gasteiger partial charge in [0.05, 0.1) is 11.6 Å². The normalized spacial score (nSPS) is 10.8. The Morgan fingerprint density at radius 3 is 2.22 bits per heavy atom. The molecule has 1 nitrogen and oxygen atoms in total. The third-order valence-corrected chi connectivity index (χ3v) is 5.18. The van der Waals surface area contributed by atoms with Crippen molar-refractivity contribution in [3.63, 3.8) is 0 Å². The summed E-state index contributed by atoms with van der Waals surface area (Å²) < 4.78 is 6.38. The molecule has 0 fully saturated rings. The lowest BCUT2D eigenvalue weighted by Gasteiger charge is -2.00. The van der Waals surface area contributed by atoms with Crippen LogP contribution in [0.3, 0.4) is 0 Å². The number of halogens is 1. The fraction of sp³-hybridized carbons (Fsp3) is 0.733. The van der Waals surface area contributed by atoms with Gasteiger partial charge in [-0.3, -0.25) is 0 Å². The Labute approximate surface area is 124 Å². The van der Waals surface area contributed by atoms with E-state index in [1.807, 2.05) is 0 Å². The summed E-state index contributed by atoms with van der Waals surface area (Å²) in [5, 5.41) is 1.00. The van der Waals surface area contributed by atoms with E-state index in [0.717, 1.165) is 9.54 Å². The zero-order valence-corrected chi connectivity index (χ0v) is 14.0. The fourth-order valence-corrected chi connectivity index (χ4v) is 3.83. The smallest absolute Gasteiger partial charge is 0.188 e. The first kappa shape index (κ1) is 16.0. The molecule has 0 amide bonds. The molecule has 0 aliphatic carbocycles. The van der Waals surface area contributed by atoms with E-state index in [4.69, 9.17) is 4.74 Å². The van der Waals surface area contributed by atoms with Crippen LogP contribution in [0.25, 0.3) is 0 Å². The molecule has 0 spiro atoms. The summed E-state index contributed by atoms with van der Waals surface area (Å²) in [5.41, 5.74) is 0. The van der Waals surface area contributed by atoms with Crippen LogP contribution in [0.4, 0.5) is 0 Å². The maximum atomic E-state index is 5.28. The Hall–Kier alpha value is -0.0200. The van der Waals surface area contributed by atoms with E-state index in [1.54, 1.807) is 18.4 Å². The minimum Gasteiger partial charge on any atom is -0.486 e. The first-order chi connectivity index (χ1) is 8.77. The molecule has 3 heteroatoms. The zero-order chi connectivity index (χ0) is 13.2. The number of unbranched alkanes of at least 4 members (excludes halogenated alkanes) is 7. The van der Waals surface area contributed by atoms with E-state index in [9.17, 15) is 0 Å². The van der Waals surface area contributed by atoms with Crippen molar-refractivity contribution in [2.75, 3.05) is 7.11 Å². The number of thiophene rings is 1. The van der Waals surface area contributed by atoms with Crippen molar-refractivity contribution in [3.05, 3.63) is 15.4 Å². The molecule has 0 N–H and O–H groups in total. The number of aryl methyl sites for hydroxylation is 1. The molecule has 1 aromatic heterocycles. The summed E-state index contributed by atoms with van der Waals surface area (Å²) in [7, 11) is 1.73. The lowest BCUT2D eigenvalue weighted by atomic mass is 10.1. The number of methoxy groups -OCH3 is 1. The largest absolute Gasteiger partial charge is 0.486 e. The van der Waals surface area contributed by atoms with Crippen LogP contribution in [-0.4, -0.2) is 7.11 Å². The highest BCUT2D eigenvalue weighted by atomic mass is 79.9. The molecule has 0 unspecified atom stereocenters. The van der Waals surface area contributed by atoms with Crippen LogP contribution in [0.1, 0.15) is 63.2 Å². The Kier molecular flexibility index (Phi) is 8.78. The van der Waals surface area contributed by atoms with Gasteiger partial charge in [-0.05, 0) is 34.8 Å². The van der Waals surface area contributed by atoms with Crippen LogP contribution in [-0.2, 0) is 6.42 Å². The second-order valence-corrected chi connectivity index (χ2v) is 6.73. The van der Waals surface area contributed by atoms with Gasteiger partial charge in [0, 0.05) is 4.88 Å². The third-order valence-electron chi connectivity index (χ3n) is 3.17. The van der Waals surface area contributed by atoms with Gasteiger partial charge >= 0.3 is 0 Å². The topological polar surface area (TPSA) is 9.23 Å². The summed E-state index contributed by atoms with van der Waals surface area (Å²) in [4.78, 5) is 1.43. The molecule has 1 aromatic rings. The highest BCUT2D eigenvalue weighted by Crippen LogP contribution is 2.35. The van der Waals surface area contributed by atoms with E-state index in [2.05, 4.69) is 28.9 Å². The second-order valence-electron chi connectivity index (χ2n) is 4.78. The number of hydrogen-bond donors (Lipinski definition) is 0. The standard InChI is InChI=1S/C15H25BrOS/c1-3-4-5-6-7-8-9-10-11-13-12-14(16)15(17-2)18-13/h12H,3-11H2,1-2H3. The lowest BCUT2D eigenvalue weighted by molar-refractivity contribution is 0.425. The maximum absolute atomic E-state index is 5.28. The molecule has 1 heterocycles. The summed E-state index contributed by atoms with van der Waals surface area (Å²) in [6.45, 7) is 2.27. The number of ether oxygens (including phenoxy) is 1. The van der Waals surface area contributed by atoms with Gasteiger partial charge in [-0.15, -0.1) is 11.3 Å². The van der Waals surface area contributed by atoms with Gasteiger partial charge in [-0.25, -0.2) is 0 Å². The van der Waals surface area contributed by atoms with Crippen molar-refractivity contribution in [2.24, 2.45) is 0 Å².